The van der Waals surface area contributed by atoms with Crippen LogP contribution in [0.4, 0.5) is 14.5 Å². The summed E-state index contributed by atoms with van der Waals surface area (Å²) in [4.78, 5) is 24.1. The number of nitriles is 1. The van der Waals surface area contributed by atoms with Crippen molar-refractivity contribution < 1.29 is 23.1 Å². The molecule has 2 bridgehead atoms. The molecular formula is C42H55F2N6O2+. The predicted octanol–water partition coefficient (Wildman–Crippen LogP) is 8.89. The second-order valence-electron chi connectivity index (χ2n) is 12.0. The smallest absolute Gasteiger partial charge is 0.332 e. The summed E-state index contributed by atoms with van der Waals surface area (Å²) >= 11 is 0. The van der Waals surface area contributed by atoms with E-state index in [1.807, 2.05) is 101 Å². The number of nitrogens with zero attached hydrogens (tertiary/aromatic N) is 4. The summed E-state index contributed by atoms with van der Waals surface area (Å²) in [6.45, 7) is 9.31. The number of carbonyl (C=O) groups is 1. The maximum atomic E-state index is 13.6. The zero-order valence-corrected chi connectivity index (χ0v) is 31.9. The molecule has 2 aromatic carbocycles. The number of allylic oxidation sites excluding steroid dienone is 4. The van der Waals surface area contributed by atoms with E-state index in [9.17, 15) is 18.8 Å². The predicted molar refractivity (Wildman–Crippen MR) is 208 cm³/mol. The molecule has 10 heteroatoms. The number of amides is 1. The van der Waals surface area contributed by atoms with Gasteiger partial charge < -0.3 is 16.0 Å². The first kappa shape index (κ1) is 42.9. The monoisotopic (exact) mass is 713 g/mol. The van der Waals surface area contributed by atoms with Crippen molar-refractivity contribution in [3.8, 4) is 17.2 Å². The van der Waals surface area contributed by atoms with E-state index in [1.54, 1.807) is 24.0 Å². The van der Waals surface area contributed by atoms with Crippen LogP contribution in [0, 0.1) is 18.3 Å². The minimum absolute atomic E-state index is 0.0397. The zero-order valence-electron chi connectivity index (χ0n) is 31.9. The minimum atomic E-state index is -2.99. The van der Waals surface area contributed by atoms with E-state index >= 15 is 0 Å². The van der Waals surface area contributed by atoms with Gasteiger partial charge in [0.25, 0.3) is 0 Å². The molecule has 278 valence electrons. The topological polar surface area (TPSA) is 108 Å². The Kier molecular flexibility index (Phi) is 18.6. The Balaban J connectivity index is 0.00000178. The van der Waals surface area contributed by atoms with Gasteiger partial charge in [0.1, 0.15) is 13.2 Å². The Morgan fingerprint density at radius 3 is 2.50 bits per heavy atom. The van der Waals surface area contributed by atoms with Gasteiger partial charge in [-0.15, -0.1) is 0 Å². The number of benzene rings is 2. The number of fused-ring (bicyclic) bond motifs is 2. The first-order valence-electron chi connectivity index (χ1n) is 18.0. The van der Waals surface area contributed by atoms with Crippen molar-refractivity contribution in [1.29, 1.82) is 5.26 Å². The number of nitrogens with two attached hydrogens (primary N) is 1. The lowest BCUT2D eigenvalue weighted by atomic mass is 9.87. The van der Waals surface area contributed by atoms with Gasteiger partial charge in [0.05, 0.1) is 28.5 Å². The molecule has 2 heterocycles. The summed E-state index contributed by atoms with van der Waals surface area (Å²) < 4.78 is 28.9. The number of anilines is 1. The number of alkyl halides is 2. The Hall–Kier alpha value is -5.30. The quantitative estimate of drug-likeness (QED) is 0.105. The van der Waals surface area contributed by atoms with Crippen molar-refractivity contribution in [1.82, 2.24) is 5.32 Å². The van der Waals surface area contributed by atoms with Gasteiger partial charge in [-0.2, -0.15) is 14.0 Å². The molecule has 1 unspecified atom stereocenters. The van der Waals surface area contributed by atoms with E-state index in [-0.39, 0.29) is 29.7 Å². The van der Waals surface area contributed by atoms with E-state index in [0.717, 1.165) is 52.7 Å². The van der Waals surface area contributed by atoms with Crippen molar-refractivity contribution in [2.75, 3.05) is 19.1 Å². The molecule has 0 fully saturated rings. The van der Waals surface area contributed by atoms with Crippen molar-refractivity contribution in [2.24, 2.45) is 10.7 Å². The molecule has 1 aliphatic rings. The summed E-state index contributed by atoms with van der Waals surface area (Å²) in [6, 6.07) is 19.7. The molecule has 1 amide bonds. The number of aromatic nitrogens is 1. The number of pyridine rings is 1. The van der Waals surface area contributed by atoms with E-state index in [2.05, 4.69) is 36.3 Å². The van der Waals surface area contributed by atoms with Gasteiger partial charge in [-0.3, -0.25) is 9.63 Å². The molecule has 0 aliphatic carbocycles. The number of aliphatic imine (C=N–C) groups is 1. The normalized spacial score (nSPS) is 16.5. The molecule has 0 saturated carbocycles. The molecule has 0 spiro atoms. The molecule has 0 saturated heterocycles. The van der Waals surface area contributed by atoms with Crippen molar-refractivity contribution >= 4 is 17.3 Å². The van der Waals surface area contributed by atoms with Gasteiger partial charge in [-0.25, -0.2) is 4.99 Å². The van der Waals surface area contributed by atoms with Crippen LogP contribution in [0.5, 0.6) is 0 Å². The van der Waals surface area contributed by atoms with Crippen molar-refractivity contribution in [3.63, 3.8) is 0 Å². The fraction of sp³-hybridized carbons (Fsp3) is 0.381. The molecule has 1 aromatic heterocycles. The highest BCUT2D eigenvalue weighted by molar-refractivity contribution is 6.14. The van der Waals surface area contributed by atoms with Gasteiger partial charge in [-0.05, 0) is 62.1 Å². The number of hydrogen-bond donors (Lipinski definition) is 2. The second kappa shape index (κ2) is 22.5. The van der Waals surface area contributed by atoms with Crippen LogP contribution in [0.1, 0.15) is 101 Å². The van der Waals surface area contributed by atoms with Crippen LogP contribution in [0.25, 0.3) is 11.1 Å². The molecule has 8 nitrogen and oxygen atoms in total. The highest BCUT2D eigenvalue weighted by Gasteiger charge is 2.28. The highest BCUT2D eigenvalue weighted by atomic mass is 19.3. The molecule has 0 radical (unpaired) electrons. The van der Waals surface area contributed by atoms with Crippen molar-refractivity contribution in [2.45, 2.75) is 92.5 Å². The fourth-order valence-electron chi connectivity index (χ4n) is 5.71. The van der Waals surface area contributed by atoms with Crippen LogP contribution < -0.4 is 25.5 Å². The third-order valence-corrected chi connectivity index (χ3v) is 7.97. The molecule has 52 heavy (non-hydrogen) atoms. The van der Waals surface area contributed by atoms with E-state index in [4.69, 9.17) is 10.6 Å². The van der Waals surface area contributed by atoms with Gasteiger partial charge >= 0.3 is 6.55 Å². The maximum Gasteiger partial charge on any atom is 0.332 e. The molecule has 1 atom stereocenters. The molecule has 3 N–H and O–H groups in total. The minimum Gasteiger partial charge on any atom is -0.403 e. The summed E-state index contributed by atoms with van der Waals surface area (Å²) in [7, 11) is 3.51. The lowest BCUT2D eigenvalue weighted by Crippen LogP contribution is -2.45. The van der Waals surface area contributed by atoms with Crippen LogP contribution in [-0.4, -0.2) is 32.3 Å². The number of halogens is 2. The van der Waals surface area contributed by atoms with Crippen LogP contribution >= 0.6 is 0 Å². The van der Waals surface area contributed by atoms with Gasteiger partial charge in [-0.1, -0.05) is 83.4 Å². The van der Waals surface area contributed by atoms with Gasteiger partial charge in [0.2, 0.25) is 17.8 Å². The molecular weight excluding hydrogens is 658 g/mol. The average molecular weight is 714 g/mol. The third kappa shape index (κ3) is 12.2. The Labute approximate surface area is 309 Å². The van der Waals surface area contributed by atoms with E-state index in [1.165, 1.54) is 6.42 Å². The number of aryl methyl sites for hydroxylation is 1. The highest BCUT2D eigenvalue weighted by Crippen LogP contribution is 2.34. The lowest BCUT2D eigenvalue weighted by molar-refractivity contribution is -0.890. The molecule has 3 aromatic rings. The Morgan fingerprint density at radius 1 is 1.13 bits per heavy atom. The molecule has 4 rings (SSSR count). The van der Waals surface area contributed by atoms with Crippen LogP contribution in [0.3, 0.4) is 0 Å². The summed E-state index contributed by atoms with van der Waals surface area (Å²) in [6.07, 6.45) is 12.9. The SMILES string of the molecule is CC.CC/C=C/C(C#N)=C\N(C)c1ccc(C)cc1-c1ccc(C2CCCCC(=O)NC(=C/N)/C(=N/C(F)F)c3cccc2c3)[n+](OC)c1.CCC. The number of rotatable bonds is 8. The Morgan fingerprint density at radius 2 is 1.87 bits per heavy atom. The first-order valence-corrected chi connectivity index (χ1v) is 18.0. The third-order valence-electron chi connectivity index (χ3n) is 7.97. The second-order valence-corrected chi connectivity index (χ2v) is 12.0. The van der Waals surface area contributed by atoms with Gasteiger partial charge in [0, 0.05) is 53.5 Å². The average Bonchev–Trinajstić information content (AvgIpc) is 3.15. The number of hydrogen-bond acceptors (Lipinski definition) is 6. The van der Waals surface area contributed by atoms with E-state index < -0.39 is 6.55 Å². The number of nitrogens with one attached hydrogen (secondary N) is 1. The van der Waals surface area contributed by atoms with E-state index in [0.29, 0.717) is 24.0 Å². The fourth-order valence-corrected chi connectivity index (χ4v) is 5.71. The van der Waals surface area contributed by atoms with Crippen LogP contribution in [0.2, 0.25) is 0 Å². The maximum absolute atomic E-state index is 13.6. The zero-order chi connectivity index (χ0) is 38.6. The number of carbonyl (C=O) groups excluding carboxylic acids is 1. The summed E-state index contributed by atoms with van der Waals surface area (Å²) in [5.41, 5.74) is 12.3. The Bertz CT molecular complexity index is 1770. The standard InChI is InChI=1S/C37H40F2N6O2.C3H8.C2H6/c1-5-6-10-26(21-40)23-44(3)33-17-15-25(2)19-31(33)29-16-18-34(45(24-29)47-4)30-13-7-8-14-35(46)42-32(22-41)36(43-37(38)39)28-12-9-11-27(30)20-28;1-3-2;1-2/h6,9-12,15-20,22-24,30,37H,5,7-8,13-14H2,1-4H3,(H2-,41,42,43,46);3H2,1-2H3;1-2H3/p+1/b10-6+,26-23+;;. The van der Waals surface area contributed by atoms with Crippen LogP contribution in [0.15, 0.2) is 102 Å². The lowest BCUT2D eigenvalue weighted by Gasteiger charge is -2.21. The van der Waals surface area contributed by atoms with Crippen molar-refractivity contribution in [3.05, 3.63) is 119 Å². The molecule has 1 aliphatic heterocycles. The first-order chi connectivity index (χ1) is 25.1. The summed E-state index contributed by atoms with van der Waals surface area (Å²) in [5, 5.41) is 12.3. The summed E-state index contributed by atoms with van der Waals surface area (Å²) in [5.74, 6) is -0.499. The van der Waals surface area contributed by atoms with Gasteiger partial charge in [0.15, 0.2) is 0 Å². The largest absolute Gasteiger partial charge is 0.403 e. The van der Waals surface area contributed by atoms with Crippen LogP contribution in [-0.2, 0) is 4.79 Å².